The first-order chi connectivity index (χ1) is 16.0. The molecule has 0 spiro atoms. The molecule has 1 aliphatic heterocycles. The molecule has 1 aromatic carbocycles. The number of carboxylic acid groups (broad SMARTS) is 1. The van der Waals surface area contributed by atoms with Gasteiger partial charge in [-0.2, -0.15) is 4.31 Å². The molecule has 0 aliphatic carbocycles. The average Bonchev–Trinajstić information content (AvgIpc) is 2.73. The van der Waals surface area contributed by atoms with Gasteiger partial charge in [0.1, 0.15) is 23.5 Å². The second-order valence-corrected chi connectivity index (χ2v) is 13.5. The van der Waals surface area contributed by atoms with Crippen LogP contribution in [0.5, 0.6) is 5.75 Å². The van der Waals surface area contributed by atoms with Crippen LogP contribution in [0.15, 0.2) is 29.2 Å². The van der Waals surface area contributed by atoms with Crippen molar-refractivity contribution in [2.24, 2.45) is 0 Å². The molecule has 1 heterocycles. The number of amides is 1. The normalized spacial score (nSPS) is 22.4. The number of benzene rings is 1. The summed E-state index contributed by atoms with van der Waals surface area (Å²) in [7, 11) is -4.22. The van der Waals surface area contributed by atoms with E-state index in [1.165, 1.54) is 43.0 Å². The van der Waals surface area contributed by atoms with Gasteiger partial charge in [-0.25, -0.2) is 13.2 Å². The maximum absolute atomic E-state index is 13.7. The largest absolute Gasteiger partial charge is 0.481 e. The van der Waals surface area contributed by atoms with E-state index >= 15 is 0 Å². The molecule has 35 heavy (non-hydrogen) atoms. The molecule has 0 radical (unpaired) electrons. The molecule has 1 saturated heterocycles. The molecule has 9 nitrogen and oxygen atoms in total. The van der Waals surface area contributed by atoms with Gasteiger partial charge < -0.3 is 19.9 Å². The van der Waals surface area contributed by atoms with Crippen molar-refractivity contribution in [1.29, 1.82) is 0 Å². The summed E-state index contributed by atoms with van der Waals surface area (Å²) in [5.41, 5.74) is -2.43. The third-order valence-electron chi connectivity index (χ3n) is 5.69. The van der Waals surface area contributed by atoms with Gasteiger partial charge in [0, 0.05) is 23.1 Å². The van der Waals surface area contributed by atoms with Gasteiger partial charge in [-0.1, -0.05) is 5.92 Å². The van der Waals surface area contributed by atoms with Crippen molar-refractivity contribution < 1.29 is 32.6 Å². The van der Waals surface area contributed by atoms with Crippen molar-refractivity contribution in [2.45, 2.75) is 74.5 Å². The minimum atomic E-state index is -4.22. The monoisotopic (exact) mass is 526 g/mol. The first-order valence-corrected chi connectivity index (χ1v) is 13.4. The highest BCUT2D eigenvalue weighted by Gasteiger charge is 2.60. The van der Waals surface area contributed by atoms with E-state index in [-0.39, 0.29) is 24.6 Å². The minimum Gasteiger partial charge on any atom is -0.481 e. The van der Waals surface area contributed by atoms with Crippen molar-refractivity contribution >= 4 is 33.8 Å². The SMILES string of the molecule is CC#CCOc1ccc(S(=O)(=O)N2C[C@H](CNC(=O)OC(C)(C)C)SC(C)(C)[C@]2(C)C(=O)O)cc1. The highest BCUT2D eigenvalue weighted by Crippen LogP contribution is 2.48. The number of aliphatic carboxylic acids is 1. The molecule has 1 amide bonds. The Hall–Kier alpha value is -2.42. The Morgan fingerprint density at radius 1 is 1.23 bits per heavy atom. The number of rotatable bonds is 7. The number of nitrogens with zero attached hydrogens (tertiary/aromatic N) is 1. The Labute approximate surface area is 212 Å². The van der Waals surface area contributed by atoms with Crippen LogP contribution in [0, 0.1) is 11.8 Å². The number of nitrogens with one attached hydrogen (secondary N) is 1. The molecule has 194 valence electrons. The van der Waals surface area contributed by atoms with Gasteiger partial charge in [-0.3, -0.25) is 4.79 Å². The first-order valence-electron chi connectivity index (χ1n) is 11.1. The lowest BCUT2D eigenvalue weighted by Gasteiger charge is -2.52. The standard InChI is InChI=1S/C24H34N2O7S2/c1-8-9-14-32-17-10-12-19(13-11-17)35(30,31)26-16-18(15-25-21(29)33-22(2,3)4)34-23(5,6)24(26,7)20(27)28/h10-13,18H,14-16H2,1-7H3,(H,25,29)(H,27,28)/t18-,24-/m0/s1. The molecule has 11 heteroatoms. The van der Waals surface area contributed by atoms with Crippen LogP contribution in [0.25, 0.3) is 0 Å². The van der Waals surface area contributed by atoms with E-state index in [9.17, 15) is 23.1 Å². The topological polar surface area (TPSA) is 122 Å². The van der Waals surface area contributed by atoms with E-state index < -0.39 is 43.2 Å². The van der Waals surface area contributed by atoms with Gasteiger partial charge in [0.25, 0.3) is 0 Å². The van der Waals surface area contributed by atoms with Crippen LogP contribution in [-0.4, -0.2) is 70.7 Å². The number of sulfonamides is 1. The summed E-state index contributed by atoms with van der Waals surface area (Å²) in [4.78, 5) is 24.5. The highest BCUT2D eigenvalue weighted by molar-refractivity contribution is 8.01. The van der Waals surface area contributed by atoms with Crippen LogP contribution in [0.2, 0.25) is 0 Å². The molecule has 1 aromatic rings. The molecule has 0 unspecified atom stereocenters. The van der Waals surface area contributed by atoms with Crippen molar-refractivity contribution in [3.63, 3.8) is 0 Å². The van der Waals surface area contributed by atoms with Gasteiger partial charge in [0.15, 0.2) is 0 Å². The summed E-state index contributed by atoms with van der Waals surface area (Å²) >= 11 is 1.32. The molecule has 0 saturated carbocycles. The number of thioether (sulfide) groups is 1. The van der Waals surface area contributed by atoms with Gasteiger partial charge in [-0.15, -0.1) is 17.7 Å². The Bertz CT molecular complexity index is 1100. The molecule has 2 atom stereocenters. The summed E-state index contributed by atoms with van der Waals surface area (Å²) in [5.74, 6) is 4.66. The van der Waals surface area contributed by atoms with Crippen molar-refractivity contribution in [3.8, 4) is 17.6 Å². The zero-order chi connectivity index (χ0) is 26.7. The molecule has 0 bridgehead atoms. The molecular weight excluding hydrogens is 492 g/mol. The lowest BCUT2D eigenvalue weighted by Crippen LogP contribution is -2.70. The van der Waals surface area contributed by atoms with E-state index in [4.69, 9.17) is 9.47 Å². The van der Waals surface area contributed by atoms with Crippen LogP contribution >= 0.6 is 11.8 Å². The number of ether oxygens (including phenoxy) is 2. The summed E-state index contributed by atoms with van der Waals surface area (Å²) in [6, 6.07) is 5.78. The lowest BCUT2D eigenvalue weighted by atomic mass is 9.86. The zero-order valence-electron chi connectivity index (χ0n) is 21.2. The Kier molecular flexibility index (Phi) is 8.79. The number of hydrogen-bond acceptors (Lipinski definition) is 7. The average molecular weight is 527 g/mol. The van der Waals surface area contributed by atoms with Crippen molar-refractivity contribution in [1.82, 2.24) is 9.62 Å². The van der Waals surface area contributed by atoms with Crippen molar-refractivity contribution in [2.75, 3.05) is 19.7 Å². The van der Waals surface area contributed by atoms with Crippen LogP contribution < -0.4 is 10.1 Å². The number of carbonyl (C=O) groups is 2. The van der Waals surface area contributed by atoms with E-state index in [1.54, 1.807) is 41.5 Å². The van der Waals surface area contributed by atoms with E-state index in [2.05, 4.69) is 17.2 Å². The summed E-state index contributed by atoms with van der Waals surface area (Å²) in [6.45, 7) is 11.9. The second kappa shape index (κ2) is 10.7. The molecule has 0 aromatic heterocycles. The number of hydrogen-bond donors (Lipinski definition) is 2. The van der Waals surface area contributed by atoms with Gasteiger partial charge in [-0.05, 0) is 72.7 Å². The smallest absolute Gasteiger partial charge is 0.407 e. The number of carbonyl (C=O) groups excluding carboxylic acids is 1. The van der Waals surface area contributed by atoms with Crippen molar-refractivity contribution in [3.05, 3.63) is 24.3 Å². The van der Waals surface area contributed by atoms with Gasteiger partial charge in [0.05, 0.1) is 4.90 Å². The fraction of sp³-hybridized carbons (Fsp3) is 0.583. The molecule has 1 fully saturated rings. The summed E-state index contributed by atoms with van der Waals surface area (Å²) in [5, 5.41) is 12.4. The Balaban J connectivity index is 2.36. The van der Waals surface area contributed by atoms with E-state index in [0.29, 0.717) is 5.75 Å². The molecule has 2 rings (SSSR count). The number of carboxylic acids is 1. The first kappa shape index (κ1) is 28.8. The Morgan fingerprint density at radius 2 is 1.83 bits per heavy atom. The minimum absolute atomic E-state index is 0.0551. The predicted molar refractivity (Wildman–Crippen MR) is 135 cm³/mol. The van der Waals surface area contributed by atoms with Gasteiger partial charge >= 0.3 is 12.1 Å². The zero-order valence-corrected chi connectivity index (χ0v) is 22.8. The third kappa shape index (κ3) is 6.63. The molecule has 1 aliphatic rings. The maximum Gasteiger partial charge on any atom is 0.407 e. The van der Waals surface area contributed by atoms with Crippen LogP contribution in [0.3, 0.4) is 0 Å². The second-order valence-electron chi connectivity index (χ2n) is 9.73. The molecular formula is C24H34N2O7S2. The van der Waals surface area contributed by atoms with Crippen LogP contribution in [0.1, 0.15) is 48.5 Å². The van der Waals surface area contributed by atoms with Crippen LogP contribution in [0.4, 0.5) is 4.79 Å². The summed E-state index contributed by atoms with van der Waals surface area (Å²) < 4.78 is 38.1. The fourth-order valence-electron chi connectivity index (χ4n) is 3.58. The molecule has 2 N–H and O–H groups in total. The van der Waals surface area contributed by atoms with Gasteiger partial charge in [0.2, 0.25) is 10.0 Å². The predicted octanol–water partition coefficient (Wildman–Crippen LogP) is 3.34. The Morgan fingerprint density at radius 3 is 2.34 bits per heavy atom. The highest BCUT2D eigenvalue weighted by atomic mass is 32.2. The number of alkyl carbamates (subject to hydrolysis) is 1. The van der Waals surface area contributed by atoms with Crippen LogP contribution in [-0.2, 0) is 19.6 Å². The third-order valence-corrected chi connectivity index (χ3v) is 9.29. The maximum atomic E-state index is 13.7. The van der Waals surface area contributed by atoms with E-state index in [0.717, 1.165) is 4.31 Å². The summed E-state index contributed by atoms with van der Waals surface area (Å²) in [6.07, 6.45) is -0.625. The fourth-order valence-corrected chi connectivity index (χ4v) is 7.28. The quantitative estimate of drug-likeness (QED) is 0.519. The lowest BCUT2D eigenvalue weighted by molar-refractivity contribution is -0.149. The van der Waals surface area contributed by atoms with E-state index in [1.807, 2.05) is 0 Å².